The molecule has 4 heteroatoms. The van der Waals surface area contributed by atoms with Crippen LogP contribution in [-0.4, -0.2) is 18.2 Å². The highest BCUT2D eigenvalue weighted by Crippen LogP contribution is 2.49. The molecule has 1 fully saturated rings. The van der Waals surface area contributed by atoms with Crippen molar-refractivity contribution in [2.24, 2.45) is 0 Å². The molecule has 98 valence electrons. The van der Waals surface area contributed by atoms with E-state index in [-0.39, 0.29) is 0 Å². The first-order chi connectivity index (χ1) is 8.53. The molecule has 2 rings (SSSR count). The molecule has 0 saturated heterocycles. The highest BCUT2D eigenvalue weighted by Gasteiger charge is 2.48. The van der Waals surface area contributed by atoms with Gasteiger partial charge in [0, 0.05) is 11.1 Å². The smallest absolute Gasteiger partial charge is 0.314 e. The third kappa shape index (κ3) is 1.76. The maximum Gasteiger partial charge on any atom is 0.314 e. The lowest BCUT2D eigenvalue weighted by Gasteiger charge is -2.39. The zero-order valence-electron chi connectivity index (χ0n) is 10.6. The Morgan fingerprint density at radius 3 is 2.56 bits per heavy atom. The summed E-state index contributed by atoms with van der Waals surface area (Å²) in [7, 11) is 1.46. The molecular weight excluding hydrogens is 235 g/mol. The topological polar surface area (TPSA) is 46.5 Å². The van der Waals surface area contributed by atoms with E-state index in [9.17, 15) is 14.3 Å². The maximum absolute atomic E-state index is 13.5. The van der Waals surface area contributed by atoms with Crippen LogP contribution in [0.4, 0.5) is 4.39 Å². The number of halogens is 1. The Balaban J connectivity index is 2.57. The third-order valence-corrected chi connectivity index (χ3v) is 3.81. The van der Waals surface area contributed by atoms with E-state index in [1.54, 1.807) is 18.2 Å². The Labute approximate surface area is 106 Å². The van der Waals surface area contributed by atoms with Crippen LogP contribution in [-0.2, 0) is 10.2 Å². The van der Waals surface area contributed by atoms with Gasteiger partial charge in [-0.15, -0.1) is 0 Å². The van der Waals surface area contributed by atoms with Crippen LogP contribution in [0.25, 0.3) is 0 Å². The van der Waals surface area contributed by atoms with Gasteiger partial charge >= 0.3 is 5.97 Å². The van der Waals surface area contributed by atoms with Crippen molar-refractivity contribution in [3.8, 4) is 5.75 Å². The van der Waals surface area contributed by atoms with Crippen molar-refractivity contribution in [2.75, 3.05) is 7.11 Å². The zero-order chi connectivity index (χ0) is 13.3. The van der Waals surface area contributed by atoms with Crippen molar-refractivity contribution in [3.05, 3.63) is 29.3 Å². The molecular formula is C14H17FO3. The van der Waals surface area contributed by atoms with E-state index in [2.05, 4.69) is 0 Å². The normalized spacial score (nSPS) is 18.8. The molecule has 1 aromatic rings. The monoisotopic (exact) mass is 252 g/mol. The van der Waals surface area contributed by atoms with Crippen LogP contribution in [0.5, 0.6) is 5.75 Å². The molecule has 1 saturated carbocycles. The van der Waals surface area contributed by atoms with Crippen LogP contribution in [0.1, 0.15) is 43.5 Å². The fourth-order valence-corrected chi connectivity index (χ4v) is 2.60. The molecule has 0 bridgehead atoms. The minimum atomic E-state index is -1.18. The Morgan fingerprint density at radius 1 is 1.50 bits per heavy atom. The van der Waals surface area contributed by atoms with Gasteiger partial charge in [0.05, 0.1) is 12.5 Å². The summed E-state index contributed by atoms with van der Waals surface area (Å²) in [6.07, 6.45) is 0.877. The fourth-order valence-electron chi connectivity index (χ4n) is 2.60. The minimum absolute atomic E-state index is 0.384. The number of alkyl halides is 1. The number of carboxylic acid groups (broad SMARTS) is 1. The lowest BCUT2D eigenvalue weighted by Crippen LogP contribution is -2.42. The van der Waals surface area contributed by atoms with Gasteiger partial charge in [0.15, 0.2) is 0 Å². The predicted octanol–water partition coefficient (Wildman–Crippen LogP) is 3.23. The Kier molecular flexibility index (Phi) is 3.28. The quantitative estimate of drug-likeness (QED) is 0.894. The SMILES string of the molecule is COc1c(C(C)F)cccc1C1(C(=O)O)CCC1. The van der Waals surface area contributed by atoms with Gasteiger partial charge < -0.3 is 9.84 Å². The Bertz CT molecular complexity index is 464. The first-order valence-electron chi connectivity index (χ1n) is 6.08. The highest BCUT2D eigenvalue weighted by atomic mass is 19.1. The van der Waals surface area contributed by atoms with Crippen molar-refractivity contribution < 1.29 is 19.0 Å². The highest BCUT2D eigenvalue weighted by molar-refractivity contribution is 5.84. The molecule has 0 aromatic heterocycles. The summed E-state index contributed by atoms with van der Waals surface area (Å²) in [5, 5.41) is 9.44. The molecule has 1 aliphatic rings. The first-order valence-corrected chi connectivity index (χ1v) is 6.08. The molecule has 1 unspecified atom stereocenters. The first kappa shape index (κ1) is 12.9. The molecule has 0 aliphatic heterocycles. The van der Waals surface area contributed by atoms with E-state index in [0.29, 0.717) is 29.7 Å². The summed E-state index contributed by atoms with van der Waals surface area (Å²) in [6, 6.07) is 5.07. The van der Waals surface area contributed by atoms with Crippen LogP contribution < -0.4 is 4.74 Å². The number of hydrogen-bond donors (Lipinski definition) is 1. The van der Waals surface area contributed by atoms with Crippen molar-refractivity contribution in [2.45, 2.75) is 37.8 Å². The summed E-state index contributed by atoms with van der Waals surface area (Å²) in [4.78, 5) is 11.5. The van der Waals surface area contributed by atoms with Crippen LogP contribution in [0.2, 0.25) is 0 Å². The number of methoxy groups -OCH3 is 1. The van der Waals surface area contributed by atoms with Crippen molar-refractivity contribution in [1.29, 1.82) is 0 Å². The van der Waals surface area contributed by atoms with Gasteiger partial charge in [-0.3, -0.25) is 4.79 Å². The molecule has 1 N–H and O–H groups in total. The fraction of sp³-hybridized carbons (Fsp3) is 0.500. The maximum atomic E-state index is 13.5. The zero-order valence-corrected chi connectivity index (χ0v) is 10.6. The predicted molar refractivity (Wildman–Crippen MR) is 65.7 cm³/mol. The van der Waals surface area contributed by atoms with Crippen molar-refractivity contribution in [1.82, 2.24) is 0 Å². The van der Waals surface area contributed by atoms with Crippen molar-refractivity contribution >= 4 is 5.97 Å². The van der Waals surface area contributed by atoms with E-state index in [1.807, 2.05) is 0 Å². The molecule has 1 aliphatic carbocycles. The number of carbonyl (C=O) groups is 1. The second-order valence-corrected chi connectivity index (χ2v) is 4.78. The van der Waals surface area contributed by atoms with Gasteiger partial charge in [-0.05, 0) is 19.8 Å². The van der Waals surface area contributed by atoms with Gasteiger partial charge in [-0.1, -0.05) is 24.6 Å². The summed E-state index contributed by atoms with van der Waals surface area (Å²) in [5.41, 5.74) is 0.129. The second-order valence-electron chi connectivity index (χ2n) is 4.78. The van der Waals surface area contributed by atoms with E-state index in [0.717, 1.165) is 6.42 Å². The molecule has 1 aromatic carbocycles. The molecule has 1 atom stereocenters. The molecule has 0 heterocycles. The molecule has 0 radical (unpaired) electrons. The van der Waals surface area contributed by atoms with Crippen molar-refractivity contribution in [3.63, 3.8) is 0 Å². The standard InChI is InChI=1S/C14H17FO3/c1-9(15)10-5-3-6-11(12(10)18-2)14(13(16)17)7-4-8-14/h3,5-6,9H,4,7-8H2,1-2H3,(H,16,17). The number of rotatable bonds is 4. The number of carboxylic acids is 1. The Hall–Kier alpha value is -1.58. The van der Waals surface area contributed by atoms with Crippen LogP contribution in [0.15, 0.2) is 18.2 Å². The number of benzene rings is 1. The van der Waals surface area contributed by atoms with Crippen LogP contribution in [0, 0.1) is 0 Å². The number of para-hydroxylation sites is 1. The molecule has 3 nitrogen and oxygen atoms in total. The second kappa shape index (κ2) is 4.59. The van der Waals surface area contributed by atoms with Crippen LogP contribution in [0.3, 0.4) is 0 Å². The van der Waals surface area contributed by atoms with Gasteiger partial charge in [0.1, 0.15) is 11.9 Å². The summed E-state index contributed by atoms with van der Waals surface area (Å²) in [5.74, 6) is -0.467. The molecule has 18 heavy (non-hydrogen) atoms. The number of ether oxygens (including phenoxy) is 1. The summed E-state index contributed by atoms with van der Waals surface area (Å²) >= 11 is 0. The molecule has 0 spiro atoms. The number of hydrogen-bond acceptors (Lipinski definition) is 2. The summed E-state index contributed by atoms with van der Waals surface area (Å²) < 4.78 is 18.8. The van der Waals surface area contributed by atoms with Gasteiger partial charge in [-0.25, -0.2) is 4.39 Å². The van der Waals surface area contributed by atoms with Gasteiger partial charge in [0.2, 0.25) is 0 Å². The Morgan fingerprint density at radius 2 is 2.17 bits per heavy atom. The van der Waals surface area contributed by atoms with E-state index < -0.39 is 17.6 Å². The minimum Gasteiger partial charge on any atom is -0.496 e. The number of aliphatic carboxylic acids is 1. The van der Waals surface area contributed by atoms with Gasteiger partial charge in [-0.2, -0.15) is 0 Å². The summed E-state index contributed by atoms with van der Waals surface area (Å²) in [6.45, 7) is 1.43. The van der Waals surface area contributed by atoms with E-state index in [1.165, 1.54) is 14.0 Å². The lowest BCUT2D eigenvalue weighted by atomic mass is 9.64. The van der Waals surface area contributed by atoms with E-state index in [4.69, 9.17) is 4.74 Å². The largest absolute Gasteiger partial charge is 0.496 e. The van der Waals surface area contributed by atoms with E-state index >= 15 is 0 Å². The van der Waals surface area contributed by atoms with Gasteiger partial charge in [0.25, 0.3) is 0 Å². The lowest BCUT2D eigenvalue weighted by molar-refractivity contribution is -0.147. The average Bonchev–Trinajstić information content (AvgIpc) is 2.26. The average molecular weight is 252 g/mol. The van der Waals surface area contributed by atoms with Crippen LogP contribution >= 0.6 is 0 Å². The molecule has 0 amide bonds. The third-order valence-electron chi connectivity index (χ3n) is 3.81.